The Morgan fingerprint density at radius 3 is 2.94 bits per heavy atom. The van der Waals surface area contributed by atoms with Crippen LogP contribution in [-0.2, 0) is 16.1 Å². The minimum Gasteiger partial charge on any atom is -0.383 e. The normalized spacial score (nSPS) is 17.6. The molecular formula is C20H22Cl2N6O3. The molecule has 11 heteroatoms. The van der Waals surface area contributed by atoms with Crippen molar-refractivity contribution in [2.45, 2.75) is 19.0 Å². The summed E-state index contributed by atoms with van der Waals surface area (Å²) in [5, 5.41) is 10.9. The topological polar surface area (TPSA) is 116 Å². The minimum absolute atomic E-state index is 0.0510. The highest BCUT2D eigenvalue weighted by Crippen LogP contribution is 2.30. The Balaban J connectivity index is 1.62. The Morgan fingerprint density at radius 1 is 1.32 bits per heavy atom. The van der Waals surface area contributed by atoms with E-state index in [4.69, 9.17) is 27.9 Å². The molecule has 1 fully saturated rings. The van der Waals surface area contributed by atoms with E-state index in [1.807, 2.05) is 6.07 Å². The van der Waals surface area contributed by atoms with Crippen molar-refractivity contribution in [2.75, 3.05) is 26.8 Å². The number of benzene rings is 1. The van der Waals surface area contributed by atoms with Gasteiger partial charge in [-0.2, -0.15) is 5.10 Å². The van der Waals surface area contributed by atoms with Crippen LogP contribution in [0.5, 0.6) is 0 Å². The molecule has 1 unspecified atom stereocenters. The second-order valence-corrected chi connectivity index (χ2v) is 8.30. The van der Waals surface area contributed by atoms with Gasteiger partial charge >= 0.3 is 0 Å². The smallest absolute Gasteiger partial charge is 0.276 e. The van der Waals surface area contributed by atoms with E-state index in [0.29, 0.717) is 59.6 Å². The van der Waals surface area contributed by atoms with Gasteiger partial charge in [0, 0.05) is 39.1 Å². The fourth-order valence-corrected chi connectivity index (χ4v) is 4.14. The van der Waals surface area contributed by atoms with Crippen molar-refractivity contribution < 1.29 is 9.53 Å². The van der Waals surface area contributed by atoms with Gasteiger partial charge in [-0.15, -0.1) is 0 Å². The lowest BCUT2D eigenvalue weighted by atomic mass is 9.97. The van der Waals surface area contributed by atoms with Gasteiger partial charge in [0.05, 0.1) is 28.9 Å². The van der Waals surface area contributed by atoms with Crippen LogP contribution in [0, 0.1) is 5.92 Å². The number of aromatic amines is 2. The number of rotatable bonds is 8. The number of hydrogen-bond donors (Lipinski definition) is 3. The number of H-pyrrole nitrogens is 2. The number of hydrogen-bond acceptors (Lipinski definition) is 6. The summed E-state index contributed by atoms with van der Waals surface area (Å²) in [4.78, 5) is 34.2. The van der Waals surface area contributed by atoms with Gasteiger partial charge in [0.2, 0.25) is 5.91 Å². The van der Waals surface area contributed by atoms with Crippen LogP contribution in [0.15, 0.2) is 29.2 Å². The molecule has 2 aromatic heterocycles. The van der Waals surface area contributed by atoms with Gasteiger partial charge in [0.25, 0.3) is 5.56 Å². The van der Waals surface area contributed by atoms with Crippen LogP contribution in [0.1, 0.15) is 23.9 Å². The lowest BCUT2D eigenvalue weighted by Gasteiger charge is -2.24. The molecule has 0 spiro atoms. The monoisotopic (exact) mass is 464 g/mol. The first kappa shape index (κ1) is 21.8. The van der Waals surface area contributed by atoms with E-state index in [-0.39, 0.29) is 23.4 Å². The number of halogens is 2. The molecule has 3 heterocycles. The summed E-state index contributed by atoms with van der Waals surface area (Å²) in [6.07, 6.45) is 1.85. The number of carbonyl (C=O) groups is 1. The first-order chi connectivity index (χ1) is 15.0. The molecule has 1 aliphatic rings. The van der Waals surface area contributed by atoms with Crippen molar-refractivity contribution in [3.63, 3.8) is 0 Å². The summed E-state index contributed by atoms with van der Waals surface area (Å²) in [6.45, 7) is 1.98. The molecule has 3 aromatic rings. The quantitative estimate of drug-likeness (QED) is 0.470. The van der Waals surface area contributed by atoms with Crippen molar-refractivity contribution in [3.05, 3.63) is 56.2 Å². The Hall–Kier alpha value is -2.46. The molecule has 0 radical (unpaired) electrons. The molecule has 1 aliphatic heterocycles. The summed E-state index contributed by atoms with van der Waals surface area (Å²) >= 11 is 12.2. The Morgan fingerprint density at radius 2 is 2.16 bits per heavy atom. The fourth-order valence-electron chi connectivity index (χ4n) is 3.82. The van der Waals surface area contributed by atoms with Crippen LogP contribution in [0.4, 0.5) is 0 Å². The molecule has 31 heavy (non-hydrogen) atoms. The molecule has 4 rings (SSSR count). The molecule has 9 nitrogen and oxygen atoms in total. The predicted molar refractivity (Wildman–Crippen MR) is 117 cm³/mol. The molecule has 1 amide bonds. The molecular weight excluding hydrogens is 443 g/mol. The van der Waals surface area contributed by atoms with Crippen LogP contribution in [0.3, 0.4) is 0 Å². The summed E-state index contributed by atoms with van der Waals surface area (Å²) in [5.41, 5.74) is 1.41. The van der Waals surface area contributed by atoms with Crippen LogP contribution in [0.25, 0.3) is 11.0 Å². The number of amides is 1. The molecule has 1 saturated heterocycles. The maximum absolute atomic E-state index is 12.5. The molecule has 2 atom stereocenters. The highest BCUT2D eigenvalue weighted by Gasteiger charge is 2.36. The fraction of sp³-hybridized carbons (Fsp3) is 0.400. The number of ether oxygens (including phenoxy) is 1. The third-order valence-electron chi connectivity index (χ3n) is 5.41. The van der Waals surface area contributed by atoms with Crippen LogP contribution in [-0.4, -0.2) is 57.8 Å². The number of fused-ring (bicyclic) bond motifs is 1. The molecule has 164 valence electrons. The predicted octanol–water partition coefficient (Wildman–Crippen LogP) is 2.28. The van der Waals surface area contributed by atoms with Crippen LogP contribution in [0.2, 0.25) is 10.0 Å². The number of aromatic nitrogens is 4. The van der Waals surface area contributed by atoms with E-state index in [1.165, 1.54) is 6.20 Å². The highest BCUT2D eigenvalue weighted by molar-refractivity contribution is 6.42. The first-order valence-electron chi connectivity index (χ1n) is 9.83. The lowest BCUT2D eigenvalue weighted by Crippen LogP contribution is -2.34. The van der Waals surface area contributed by atoms with Gasteiger partial charge in [0.15, 0.2) is 0 Å². The van der Waals surface area contributed by atoms with Gasteiger partial charge in [-0.3, -0.25) is 14.7 Å². The van der Waals surface area contributed by atoms with E-state index < -0.39 is 0 Å². The molecule has 0 aliphatic carbocycles. The Labute approximate surface area is 188 Å². The summed E-state index contributed by atoms with van der Waals surface area (Å²) in [5.74, 6) is 0.431. The van der Waals surface area contributed by atoms with E-state index >= 15 is 0 Å². The van der Waals surface area contributed by atoms with Gasteiger partial charge in [0.1, 0.15) is 16.9 Å². The minimum atomic E-state index is -0.363. The maximum Gasteiger partial charge on any atom is 0.276 e. The van der Waals surface area contributed by atoms with Gasteiger partial charge in [-0.05, 0) is 17.7 Å². The maximum atomic E-state index is 12.5. The van der Waals surface area contributed by atoms with E-state index in [1.54, 1.807) is 24.1 Å². The zero-order chi connectivity index (χ0) is 22.0. The number of carbonyl (C=O) groups excluding carboxylic acids is 1. The first-order valence-corrected chi connectivity index (χ1v) is 10.6. The Kier molecular flexibility index (Phi) is 6.57. The zero-order valence-electron chi connectivity index (χ0n) is 16.8. The SMILES string of the molecule is COCCN1C[C@H](C(NCc2ccc(Cl)c(Cl)c2)c2nc3cn[nH]c3c(=O)[nH]2)CC1=O. The largest absolute Gasteiger partial charge is 0.383 e. The van der Waals surface area contributed by atoms with E-state index in [0.717, 1.165) is 5.56 Å². The molecule has 0 bridgehead atoms. The second-order valence-electron chi connectivity index (χ2n) is 7.49. The van der Waals surface area contributed by atoms with E-state index in [2.05, 4.69) is 25.5 Å². The number of nitrogens with zero attached hydrogens (tertiary/aromatic N) is 3. The van der Waals surface area contributed by atoms with E-state index in [9.17, 15) is 9.59 Å². The third-order valence-corrected chi connectivity index (χ3v) is 6.15. The van der Waals surface area contributed by atoms with Gasteiger partial charge < -0.3 is 19.9 Å². The van der Waals surface area contributed by atoms with Gasteiger partial charge in [-0.1, -0.05) is 29.3 Å². The average Bonchev–Trinajstić information content (AvgIpc) is 3.36. The van der Waals surface area contributed by atoms with Crippen molar-refractivity contribution in [1.29, 1.82) is 0 Å². The number of likely N-dealkylation sites (tertiary alicyclic amines) is 1. The van der Waals surface area contributed by atoms with Crippen molar-refractivity contribution in [3.8, 4) is 0 Å². The Bertz CT molecular complexity index is 1150. The third kappa shape index (κ3) is 4.74. The molecule has 3 N–H and O–H groups in total. The van der Waals surface area contributed by atoms with Crippen molar-refractivity contribution in [2.24, 2.45) is 5.92 Å². The average molecular weight is 465 g/mol. The standard InChI is InChI=1S/C20H22Cl2N6O3/c1-31-5-4-28-10-12(7-16(28)29)17(23-8-11-2-3-13(21)14(22)6-11)19-25-15-9-24-27-18(15)20(30)26-19/h2-3,6,9,12,17,23H,4-5,7-8,10H2,1H3,(H,24,27)(H,25,26,30)/t12-,17?/m1/s1. The number of methoxy groups -OCH3 is 1. The van der Waals surface area contributed by atoms with Crippen molar-refractivity contribution in [1.82, 2.24) is 30.4 Å². The van der Waals surface area contributed by atoms with Crippen LogP contribution >= 0.6 is 23.2 Å². The lowest BCUT2D eigenvalue weighted by molar-refractivity contribution is -0.128. The summed E-state index contributed by atoms with van der Waals surface area (Å²) in [6, 6.07) is 5.03. The van der Waals surface area contributed by atoms with Crippen molar-refractivity contribution >= 4 is 40.1 Å². The second kappa shape index (κ2) is 9.35. The van der Waals surface area contributed by atoms with Gasteiger partial charge in [-0.25, -0.2) is 4.98 Å². The molecule has 1 aromatic carbocycles. The number of nitrogens with one attached hydrogen (secondary N) is 3. The zero-order valence-corrected chi connectivity index (χ0v) is 18.3. The molecule has 0 saturated carbocycles. The van der Waals surface area contributed by atoms with Crippen LogP contribution < -0.4 is 10.9 Å². The summed E-state index contributed by atoms with van der Waals surface area (Å²) in [7, 11) is 1.61. The summed E-state index contributed by atoms with van der Waals surface area (Å²) < 4.78 is 5.11. The highest BCUT2D eigenvalue weighted by atomic mass is 35.5.